The monoisotopic (exact) mass is 473 g/mol. The van der Waals surface area contributed by atoms with Gasteiger partial charge >= 0.3 is 0 Å². The zero-order chi connectivity index (χ0) is 19.7. The molecule has 142 valence electrons. The van der Waals surface area contributed by atoms with Gasteiger partial charge in [0.1, 0.15) is 10.8 Å². The third-order valence-electron chi connectivity index (χ3n) is 4.23. The molecule has 0 aliphatic heterocycles. The molecule has 2 heterocycles. The van der Waals surface area contributed by atoms with Gasteiger partial charge in [0.25, 0.3) is 5.56 Å². The van der Waals surface area contributed by atoms with Crippen LogP contribution in [0.2, 0.25) is 0 Å². The number of thiazole rings is 1. The third-order valence-corrected chi connectivity index (χ3v) is 6.72. The first-order valence-corrected chi connectivity index (χ1v) is 11.1. The van der Waals surface area contributed by atoms with Crippen molar-refractivity contribution in [3.8, 4) is 16.3 Å². The van der Waals surface area contributed by atoms with Crippen LogP contribution >= 0.6 is 39.0 Å². The molecule has 8 heteroatoms. The van der Waals surface area contributed by atoms with Crippen LogP contribution in [-0.4, -0.2) is 21.6 Å². The van der Waals surface area contributed by atoms with E-state index >= 15 is 0 Å². The molecule has 0 bridgehead atoms. The SMILES string of the molecule is COc1ccc(Br)cc1-c1nc(CSc2nc3ccccc3c(=O)n2C)cs1. The van der Waals surface area contributed by atoms with Crippen molar-refractivity contribution in [2.24, 2.45) is 7.05 Å². The van der Waals surface area contributed by atoms with Crippen molar-refractivity contribution in [3.05, 3.63) is 68.4 Å². The van der Waals surface area contributed by atoms with Crippen LogP contribution in [0.25, 0.3) is 21.5 Å². The first-order chi connectivity index (χ1) is 13.6. The van der Waals surface area contributed by atoms with Crippen molar-refractivity contribution in [2.75, 3.05) is 7.11 Å². The van der Waals surface area contributed by atoms with Crippen molar-refractivity contribution >= 4 is 49.9 Å². The summed E-state index contributed by atoms with van der Waals surface area (Å²) in [6.07, 6.45) is 0. The summed E-state index contributed by atoms with van der Waals surface area (Å²) in [6, 6.07) is 13.3. The molecule has 2 aromatic heterocycles. The van der Waals surface area contributed by atoms with E-state index in [9.17, 15) is 4.79 Å². The highest BCUT2D eigenvalue weighted by molar-refractivity contribution is 9.10. The Kier molecular flexibility index (Phi) is 5.52. The number of methoxy groups -OCH3 is 1. The lowest BCUT2D eigenvalue weighted by atomic mass is 10.2. The number of thioether (sulfide) groups is 1. The van der Waals surface area contributed by atoms with Gasteiger partial charge < -0.3 is 4.74 Å². The van der Waals surface area contributed by atoms with Gasteiger partial charge in [0.15, 0.2) is 5.16 Å². The van der Waals surface area contributed by atoms with Gasteiger partial charge in [0.2, 0.25) is 0 Å². The predicted molar refractivity (Wildman–Crippen MR) is 118 cm³/mol. The summed E-state index contributed by atoms with van der Waals surface area (Å²) in [5.74, 6) is 1.42. The highest BCUT2D eigenvalue weighted by Crippen LogP contribution is 2.35. The minimum absolute atomic E-state index is 0.0362. The topological polar surface area (TPSA) is 57.0 Å². The van der Waals surface area contributed by atoms with Gasteiger partial charge in [-0.1, -0.05) is 39.8 Å². The lowest BCUT2D eigenvalue weighted by Crippen LogP contribution is -2.19. The van der Waals surface area contributed by atoms with Crippen LogP contribution in [-0.2, 0) is 12.8 Å². The minimum Gasteiger partial charge on any atom is -0.496 e. The number of nitrogens with zero attached hydrogens (tertiary/aromatic N) is 3. The second kappa shape index (κ2) is 8.06. The Morgan fingerprint density at radius 1 is 1.21 bits per heavy atom. The summed E-state index contributed by atoms with van der Waals surface area (Å²) >= 11 is 6.58. The molecule has 0 fully saturated rings. The number of rotatable bonds is 5. The Balaban J connectivity index is 1.59. The molecule has 5 nitrogen and oxygen atoms in total. The maximum Gasteiger partial charge on any atom is 0.261 e. The van der Waals surface area contributed by atoms with E-state index in [1.54, 1.807) is 36.1 Å². The fourth-order valence-electron chi connectivity index (χ4n) is 2.81. The molecule has 0 saturated carbocycles. The van der Waals surface area contributed by atoms with Gasteiger partial charge in [-0.2, -0.15) is 0 Å². The molecule has 0 spiro atoms. The summed E-state index contributed by atoms with van der Waals surface area (Å²) in [4.78, 5) is 21.9. The number of halogens is 1. The molecule has 0 aliphatic carbocycles. The first kappa shape index (κ1) is 19.2. The maximum atomic E-state index is 12.5. The lowest BCUT2D eigenvalue weighted by molar-refractivity contribution is 0.416. The van der Waals surface area contributed by atoms with Crippen LogP contribution in [0.5, 0.6) is 5.75 Å². The van der Waals surface area contributed by atoms with Gasteiger partial charge in [-0.15, -0.1) is 11.3 Å². The number of para-hydroxylation sites is 1. The van der Waals surface area contributed by atoms with E-state index in [2.05, 4.69) is 20.9 Å². The Morgan fingerprint density at radius 3 is 2.86 bits per heavy atom. The van der Waals surface area contributed by atoms with Crippen LogP contribution in [0, 0.1) is 0 Å². The number of ether oxygens (including phenoxy) is 1. The summed E-state index contributed by atoms with van der Waals surface area (Å²) in [5.41, 5.74) is 2.57. The number of aromatic nitrogens is 3. The van der Waals surface area contributed by atoms with E-state index in [-0.39, 0.29) is 5.56 Å². The quantitative estimate of drug-likeness (QED) is 0.297. The zero-order valence-corrected chi connectivity index (χ0v) is 18.4. The fraction of sp³-hybridized carbons (Fsp3) is 0.150. The van der Waals surface area contributed by atoms with Gasteiger partial charge in [-0.25, -0.2) is 9.97 Å². The average Bonchev–Trinajstić information content (AvgIpc) is 3.18. The summed E-state index contributed by atoms with van der Waals surface area (Å²) in [6.45, 7) is 0. The number of fused-ring (bicyclic) bond motifs is 1. The largest absolute Gasteiger partial charge is 0.496 e. The van der Waals surface area contributed by atoms with Crippen LogP contribution in [0.15, 0.2) is 62.3 Å². The lowest BCUT2D eigenvalue weighted by Gasteiger charge is -2.08. The number of hydrogen-bond donors (Lipinski definition) is 0. The van der Waals surface area contributed by atoms with E-state index in [0.29, 0.717) is 21.8 Å². The molecule has 4 aromatic rings. The second-order valence-corrected chi connectivity index (χ2v) is 8.77. The average molecular weight is 474 g/mol. The summed E-state index contributed by atoms with van der Waals surface area (Å²) < 4.78 is 8.03. The smallest absolute Gasteiger partial charge is 0.261 e. The second-order valence-electron chi connectivity index (χ2n) is 6.05. The number of hydrogen-bond acceptors (Lipinski definition) is 6. The van der Waals surface area contributed by atoms with Crippen molar-refractivity contribution < 1.29 is 4.74 Å². The first-order valence-electron chi connectivity index (χ1n) is 8.43. The molecule has 4 rings (SSSR count). The molecule has 0 N–H and O–H groups in total. The molecular formula is C20H16BrN3O2S2. The minimum atomic E-state index is -0.0362. The van der Waals surface area contributed by atoms with Crippen LogP contribution in [0.3, 0.4) is 0 Å². The molecule has 2 aromatic carbocycles. The Morgan fingerprint density at radius 2 is 2.04 bits per heavy atom. The van der Waals surface area contributed by atoms with Gasteiger partial charge in [-0.05, 0) is 30.3 Å². The normalized spacial score (nSPS) is 11.1. The van der Waals surface area contributed by atoms with E-state index in [1.165, 1.54) is 11.8 Å². The van der Waals surface area contributed by atoms with E-state index < -0.39 is 0 Å². The van der Waals surface area contributed by atoms with Crippen LogP contribution in [0.1, 0.15) is 5.69 Å². The molecule has 0 unspecified atom stereocenters. The molecule has 0 amide bonds. The van der Waals surface area contributed by atoms with E-state index in [1.807, 2.05) is 41.8 Å². The molecule has 0 radical (unpaired) electrons. The standard InChI is InChI=1S/C20H16BrN3O2S2/c1-24-19(25)14-5-3-4-6-16(14)23-20(24)28-11-13-10-27-18(22-13)15-9-12(21)7-8-17(15)26-2/h3-10H,11H2,1-2H3. The Hall–Kier alpha value is -2.16. The number of benzene rings is 2. The van der Waals surface area contributed by atoms with Gasteiger partial charge in [-0.3, -0.25) is 9.36 Å². The van der Waals surface area contributed by atoms with E-state index in [0.717, 1.165) is 26.5 Å². The van der Waals surface area contributed by atoms with Crippen molar-refractivity contribution in [1.82, 2.24) is 14.5 Å². The molecule has 0 saturated heterocycles. The highest BCUT2D eigenvalue weighted by Gasteiger charge is 2.13. The fourth-order valence-corrected chi connectivity index (χ4v) is 4.98. The van der Waals surface area contributed by atoms with Crippen molar-refractivity contribution in [3.63, 3.8) is 0 Å². The molecule has 0 atom stereocenters. The van der Waals surface area contributed by atoms with Gasteiger partial charge in [0.05, 0.1) is 29.3 Å². The van der Waals surface area contributed by atoms with Crippen LogP contribution in [0.4, 0.5) is 0 Å². The highest BCUT2D eigenvalue weighted by atomic mass is 79.9. The van der Waals surface area contributed by atoms with Crippen LogP contribution < -0.4 is 10.3 Å². The van der Waals surface area contributed by atoms with Gasteiger partial charge in [0, 0.05) is 22.7 Å². The molecule has 0 aliphatic rings. The van der Waals surface area contributed by atoms with Crippen molar-refractivity contribution in [1.29, 1.82) is 0 Å². The maximum absolute atomic E-state index is 12.5. The molecular weight excluding hydrogens is 458 g/mol. The Labute approximate surface area is 178 Å². The summed E-state index contributed by atoms with van der Waals surface area (Å²) in [5, 5.41) is 4.24. The molecule has 28 heavy (non-hydrogen) atoms. The third kappa shape index (κ3) is 3.72. The van der Waals surface area contributed by atoms with Crippen molar-refractivity contribution in [2.45, 2.75) is 10.9 Å². The van der Waals surface area contributed by atoms with E-state index in [4.69, 9.17) is 9.72 Å². The Bertz CT molecular complexity index is 1220. The predicted octanol–water partition coefficient (Wildman–Crippen LogP) is 5.12. The zero-order valence-electron chi connectivity index (χ0n) is 15.2. The summed E-state index contributed by atoms with van der Waals surface area (Å²) in [7, 11) is 3.41.